The van der Waals surface area contributed by atoms with Crippen molar-refractivity contribution >= 4 is 11.7 Å². The molecule has 0 fully saturated rings. The van der Waals surface area contributed by atoms with Crippen LogP contribution in [0.3, 0.4) is 0 Å². The van der Waals surface area contributed by atoms with Gasteiger partial charge in [0, 0.05) is 18.6 Å². The zero-order valence-electron chi connectivity index (χ0n) is 11.0. The van der Waals surface area contributed by atoms with E-state index in [1.54, 1.807) is 19.3 Å². The summed E-state index contributed by atoms with van der Waals surface area (Å²) in [5.74, 6) is 0.945. The van der Waals surface area contributed by atoms with Crippen LogP contribution in [-0.4, -0.2) is 35.5 Å². The van der Waals surface area contributed by atoms with Crippen LogP contribution in [0.15, 0.2) is 24.9 Å². The van der Waals surface area contributed by atoms with Crippen LogP contribution < -0.4 is 5.32 Å². The van der Waals surface area contributed by atoms with Crippen molar-refractivity contribution in [3.8, 4) is 0 Å². The maximum absolute atomic E-state index is 12.3. The molecule has 0 radical (unpaired) electrons. The monoisotopic (exact) mass is 271 g/mol. The Kier molecular flexibility index (Phi) is 2.90. The van der Waals surface area contributed by atoms with E-state index < -0.39 is 0 Å². The summed E-state index contributed by atoms with van der Waals surface area (Å²) in [4.78, 5) is 27.4. The van der Waals surface area contributed by atoms with Gasteiger partial charge in [0.15, 0.2) is 0 Å². The van der Waals surface area contributed by atoms with Gasteiger partial charge in [0.2, 0.25) is 0 Å². The van der Waals surface area contributed by atoms with Gasteiger partial charge in [-0.15, -0.1) is 0 Å². The normalized spacial score (nSPS) is 12.5. The Hall–Kier alpha value is -2.77. The van der Waals surface area contributed by atoms with E-state index in [0.717, 1.165) is 0 Å². The van der Waals surface area contributed by atoms with E-state index in [-0.39, 0.29) is 11.9 Å². The summed E-state index contributed by atoms with van der Waals surface area (Å²) in [6.45, 7) is 3.66. The van der Waals surface area contributed by atoms with E-state index in [0.29, 0.717) is 22.9 Å². The molecule has 2 N–H and O–H groups in total. The summed E-state index contributed by atoms with van der Waals surface area (Å²) in [5.41, 5.74) is 1.15. The molecule has 3 aromatic rings. The molecule has 8 heteroatoms. The number of aryl methyl sites for hydroxylation is 1. The highest BCUT2D eigenvalue weighted by Crippen LogP contribution is 2.11. The van der Waals surface area contributed by atoms with Crippen LogP contribution in [0.2, 0.25) is 0 Å². The number of carbonyl (C=O) groups excluding carboxylic acids is 1. The number of H-pyrrole nitrogens is 1. The van der Waals surface area contributed by atoms with Gasteiger partial charge >= 0.3 is 0 Å². The van der Waals surface area contributed by atoms with Crippen molar-refractivity contribution in [3.05, 3.63) is 42.0 Å². The Morgan fingerprint density at radius 2 is 2.25 bits per heavy atom. The molecular weight excluding hydrogens is 258 g/mol. The number of imidazole rings is 1. The van der Waals surface area contributed by atoms with Crippen LogP contribution in [-0.2, 0) is 0 Å². The predicted molar refractivity (Wildman–Crippen MR) is 70.0 cm³/mol. The SMILES string of the molecule is Cc1c(C(=O)NC(C)c2ncc[nH]2)cnc2ncnn12. The maximum Gasteiger partial charge on any atom is 0.255 e. The predicted octanol–water partition coefficient (Wildman–Crippen LogP) is 0.647. The van der Waals surface area contributed by atoms with Crippen LogP contribution in [0.25, 0.3) is 5.78 Å². The largest absolute Gasteiger partial charge is 0.347 e. The molecule has 20 heavy (non-hydrogen) atoms. The number of amides is 1. The van der Waals surface area contributed by atoms with E-state index in [9.17, 15) is 4.79 Å². The second-order valence-electron chi connectivity index (χ2n) is 4.40. The molecule has 0 spiro atoms. The van der Waals surface area contributed by atoms with Gasteiger partial charge in [-0.05, 0) is 13.8 Å². The van der Waals surface area contributed by atoms with Crippen molar-refractivity contribution < 1.29 is 4.79 Å². The highest BCUT2D eigenvalue weighted by molar-refractivity contribution is 5.95. The van der Waals surface area contributed by atoms with Gasteiger partial charge in [-0.3, -0.25) is 4.79 Å². The van der Waals surface area contributed by atoms with Gasteiger partial charge in [0.05, 0.1) is 17.3 Å². The number of hydrogen-bond acceptors (Lipinski definition) is 5. The third-order valence-corrected chi connectivity index (χ3v) is 3.07. The minimum atomic E-state index is -0.226. The lowest BCUT2D eigenvalue weighted by Gasteiger charge is -2.12. The minimum absolute atomic E-state index is 0.219. The fraction of sp³-hybridized carbons (Fsp3) is 0.250. The van der Waals surface area contributed by atoms with Crippen molar-refractivity contribution in [2.45, 2.75) is 19.9 Å². The van der Waals surface area contributed by atoms with Gasteiger partial charge in [0.1, 0.15) is 12.2 Å². The zero-order valence-corrected chi connectivity index (χ0v) is 11.0. The number of nitrogens with zero attached hydrogens (tertiary/aromatic N) is 5. The summed E-state index contributed by atoms with van der Waals surface area (Å²) in [6, 6.07) is -0.219. The minimum Gasteiger partial charge on any atom is -0.347 e. The molecule has 1 unspecified atom stereocenters. The molecule has 102 valence electrons. The highest BCUT2D eigenvalue weighted by atomic mass is 16.1. The Balaban J connectivity index is 1.87. The third-order valence-electron chi connectivity index (χ3n) is 3.07. The molecule has 8 nitrogen and oxygen atoms in total. The lowest BCUT2D eigenvalue weighted by Crippen LogP contribution is -2.28. The maximum atomic E-state index is 12.3. The van der Waals surface area contributed by atoms with Crippen LogP contribution in [0, 0.1) is 6.92 Å². The highest BCUT2D eigenvalue weighted by Gasteiger charge is 2.17. The Bertz CT molecular complexity index is 746. The van der Waals surface area contributed by atoms with Crippen molar-refractivity contribution in [1.29, 1.82) is 0 Å². The van der Waals surface area contributed by atoms with E-state index in [1.807, 2.05) is 6.92 Å². The Labute approximate surface area is 114 Å². The van der Waals surface area contributed by atoms with Crippen LogP contribution in [0.1, 0.15) is 34.8 Å². The van der Waals surface area contributed by atoms with E-state index in [2.05, 4.69) is 30.4 Å². The number of carbonyl (C=O) groups is 1. The van der Waals surface area contributed by atoms with E-state index in [1.165, 1.54) is 17.0 Å². The molecule has 0 saturated carbocycles. The summed E-state index contributed by atoms with van der Waals surface area (Å²) in [5, 5.41) is 6.90. The second kappa shape index (κ2) is 4.72. The standard InChI is InChI=1S/C12H13N7O/c1-7(10-13-3-4-14-10)18-11(20)9-5-15-12-16-6-17-19(12)8(9)2/h3-7H,1-2H3,(H,13,14)(H,18,20). The number of fused-ring (bicyclic) bond motifs is 1. The van der Waals surface area contributed by atoms with E-state index in [4.69, 9.17) is 0 Å². The molecule has 3 rings (SSSR count). The quantitative estimate of drug-likeness (QED) is 0.728. The summed E-state index contributed by atoms with van der Waals surface area (Å²) in [7, 11) is 0. The number of aromatic nitrogens is 6. The molecule has 3 aromatic heterocycles. The first-order valence-corrected chi connectivity index (χ1v) is 6.12. The van der Waals surface area contributed by atoms with Crippen molar-refractivity contribution in [2.24, 2.45) is 0 Å². The number of aromatic amines is 1. The first kappa shape index (κ1) is 12.3. The molecule has 0 aromatic carbocycles. The molecule has 1 atom stereocenters. The molecule has 0 bridgehead atoms. The van der Waals surface area contributed by atoms with Gasteiger partial charge in [0.25, 0.3) is 11.7 Å². The smallest absolute Gasteiger partial charge is 0.255 e. The summed E-state index contributed by atoms with van der Waals surface area (Å²) in [6.07, 6.45) is 6.27. The number of hydrogen-bond donors (Lipinski definition) is 2. The molecule has 3 heterocycles. The average Bonchev–Trinajstić information content (AvgIpc) is 3.10. The van der Waals surface area contributed by atoms with Crippen LogP contribution >= 0.6 is 0 Å². The number of rotatable bonds is 3. The lowest BCUT2D eigenvalue weighted by atomic mass is 10.2. The van der Waals surface area contributed by atoms with Gasteiger partial charge in [-0.25, -0.2) is 14.5 Å². The van der Waals surface area contributed by atoms with Crippen molar-refractivity contribution in [1.82, 2.24) is 34.9 Å². The summed E-state index contributed by atoms with van der Waals surface area (Å²) >= 11 is 0. The van der Waals surface area contributed by atoms with Crippen LogP contribution in [0.5, 0.6) is 0 Å². The Morgan fingerprint density at radius 3 is 3.00 bits per heavy atom. The second-order valence-corrected chi connectivity index (χ2v) is 4.40. The van der Waals surface area contributed by atoms with Crippen molar-refractivity contribution in [2.75, 3.05) is 0 Å². The first-order chi connectivity index (χ1) is 9.66. The molecule has 0 aliphatic rings. The lowest BCUT2D eigenvalue weighted by molar-refractivity contribution is 0.0936. The van der Waals surface area contributed by atoms with Gasteiger partial charge < -0.3 is 10.3 Å². The third kappa shape index (κ3) is 2.00. The van der Waals surface area contributed by atoms with Gasteiger partial charge in [-0.1, -0.05) is 0 Å². The zero-order chi connectivity index (χ0) is 14.1. The molecule has 0 aliphatic heterocycles. The van der Waals surface area contributed by atoms with Crippen molar-refractivity contribution in [3.63, 3.8) is 0 Å². The molecule has 0 saturated heterocycles. The van der Waals surface area contributed by atoms with Gasteiger partial charge in [-0.2, -0.15) is 10.1 Å². The van der Waals surface area contributed by atoms with E-state index >= 15 is 0 Å². The fourth-order valence-electron chi connectivity index (χ4n) is 1.97. The average molecular weight is 271 g/mol. The number of nitrogens with one attached hydrogen (secondary N) is 2. The molecule has 0 aliphatic carbocycles. The van der Waals surface area contributed by atoms with Crippen LogP contribution in [0.4, 0.5) is 0 Å². The topological polar surface area (TPSA) is 101 Å². The molecular formula is C12H13N7O. The first-order valence-electron chi connectivity index (χ1n) is 6.12. The summed E-state index contributed by atoms with van der Waals surface area (Å²) < 4.78 is 1.53. The molecule has 1 amide bonds. The fourth-order valence-corrected chi connectivity index (χ4v) is 1.97. The Morgan fingerprint density at radius 1 is 1.40 bits per heavy atom.